The maximum atomic E-state index is 12.5. The number of amides is 2. The summed E-state index contributed by atoms with van der Waals surface area (Å²) in [6.45, 7) is -1.50. The Kier molecular flexibility index (Phi) is 7.32. The van der Waals surface area contributed by atoms with E-state index in [1.54, 1.807) is 18.2 Å². The quantitative estimate of drug-likeness (QED) is 0.606. The molecular formula is C19H17F3N2O5. The highest BCUT2D eigenvalue weighted by molar-refractivity contribution is 5.97. The summed E-state index contributed by atoms with van der Waals surface area (Å²) in [6, 6.07) is 10.3. The van der Waals surface area contributed by atoms with Crippen LogP contribution in [0.25, 0.3) is 0 Å². The highest BCUT2D eigenvalue weighted by Crippen LogP contribution is 2.29. The Hall–Kier alpha value is -3.40. The van der Waals surface area contributed by atoms with Gasteiger partial charge in [-0.05, 0) is 36.4 Å². The number of carbonyl (C=O) groups excluding carboxylic acids is 3. The second-order valence-corrected chi connectivity index (χ2v) is 5.81. The molecule has 0 saturated carbocycles. The minimum atomic E-state index is -4.50. The lowest BCUT2D eigenvalue weighted by atomic mass is 10.2. The van der Waals surface area contributed by atoms with E-state index in [9.17, 15) is 32.7 Å². The Morgan fingerprint density at radius 3 is 2.17 bits per heavy atom. The molecule has 0 aliphatic carbocycles. The summed E-state index contributed by atoms with van der Waals surface area (Å²) in [7, 11) is 0. The highest BCUT2D eigenvalue weighted by Gasteiger charge is 2.30. The number of carbonyl (C=O) groups is 3. The molecule has 0 fully saturated rings. The van der Waals surface area contributed by atoms with Crippen molar-refractivity contribution in [1.29, 1.82) is 0 Å². The molecule has 1 atom stereocenters. The third-order valence-corrected chi connectivity index (χ3v) is 3.65. The van der Waals surface area contributed by atoms with Crippen LogP contribution < -0.4 is 10.6 Å². The van der Waals surface area contributed by atoms with Gasteiger partial charge in [-0.3, -0.25) is 9.59 Å². The average Bonchev–Trinajstić information content (AvgIpc) is 2.70. The van der Waals surface area contributed by atoms with Crippen LogP contribution in [-0.4, -0.2) is 42.1 Å². The molecule has 2 aromatic carbocycles. The van der Waals surface area contributed by atoms with Gasteiger partial charge in [-0.15, -0.1) is 0 Å². The van der Waals surface area contributed by atoms with Gasteiger partial charge in [0.2, 0.25) is 0 Å². The fourth-order valence-corrected chi connectivity index (χ4v) is 2.19. The number of hydrogen-bond donors (Lipinski definition) is 3. The third-order valence-electron chi connectivity index (χ3n) is 3.65. The number of aliphatic hydroxyl groups is 1. The van der Waals surface area contributed by atoms with E-state index in [-0.39, 0.29) is 11.3 Å². The molecule has 0 aromatic heterocycles. The Morgan fingerprint density at radius 2 is 1.62 bits per heavy atom. The fraction of sp³-hybridized carbons (Fsp3) is 0.211. The van der Waals surface area contributed by atoms with E-state index in [4.69, 9.17) is 4.74 Å². The third kappa shape index (κ3) is 6.61. The molecule has 0 radical (unpaired) electrons. The molecule has 2 aromatic rings. The van der Waals surface area contributed by atoms with Crippen molar-refractivity contribution in [3.05, 3.63) is 65.7 Å². The van der Waals surface area contributed by atoms with Gasteiger partial charge in [0, 0.05) is 11.3 Å². The molecule has 0 saturated heterocycles. The van der Waals surface area contributed by atoms with Gasteiger partial charge in [0.05, 0.1) is 12.2 Å². The molecule has 0 spiro atoms. The van der Waals surface area contributed by atoms with E-state index >= 15 is 0 Å². The van der Waals surface area contributed by atoms with Gasteiger partial charge in [0.1, 0.15) is 0 Å². The summed E-state index contributed by atoms with van der Waals surface area (Å²) in [6.07, 6.45) is -4.50. The van der Waals surface area contributed by atoms with Crippen LogP contribution >= 0.6 is 0 Å². The van der Waals surface area contributed by atoms with E-state index in [1.165, 1.54) is 12.1 Å². The zero-order valence-electron chi connectivity index (χ0n) is 14.9. The van der Waals surface area contributed by atoms with Crippen LogP contribution in [0.2, 0.25) is 0 Å². The van der Waals surface area contributed by atoms with Crippen LogP contribution in [0, 0.1) is 0 Å². The van der Waals surface area contributed by atoms with Crippen molar-refractivity contribution in [1.82, 2.24) is 5.32 Å². The summed E-state index contributed by atoms with van der Waals surface area (Å²) in [4.78, 5) is 35.8. The van der Waals surface area contributed by atoms with Gasteiger partial charge in [0.15, 0.2) is 12.6 Å². The molecule has 0 heterocycles. The number of hydrogen-bond acceptors (Lipinski definition) is 5. The number of anilines is 1. The molecule has 10 heteroatoms. The van der Waals surface area contributed by atoms with Gasteiger partial charge in [0.25, 0.3) is 11.8 Å². The zero-order chi connectivity index (χ0) is 21.4. The summed E-state index contributed by atoms with van der Waals surface area (Å²) >= 11 is 0. The maximum absolute atomic E-state index is 12.5. The van der Waals surface area contributed by atoms with Crippen LogP contribution in [-0.2, 0) is 20.5 Å². The number of alkyl halides is 3. The lowest BCUT2D eigenvalue weighted by Gasteiger charge is -2.15. The Morgan fingerprint density at radius 1 is 1.00 bits per heavy atom. The molecule has 154 valence electrons. The van der Waals surface area contributed by atoms with Crippen molar-refractivity contribution in [2.24, 2.45) is 0 Å². The number of esters is 1. The van der Waals surface area contributed by atoms with Gasteiger partial charge >= 0.3 is 12.1 Å². The van der Waals surface area contributed by atoms with E-state index in [1.807, 2.05) is 0 Å². The number of halogens is 3. The summed E-state index contributed by atoms with van der Waals surface area (Å²) < 4.78 is 42.3. The molecule has 0 bridgehead atoms. The molecule has 0 aliphatic heterocycles. The zero-order valence-corrected chi connectivity index (χ0v) is 14.9. The Bertz CT molecular complexity index is 854. The van der Waals surface area contributed by atoms with Crippen molar-refractivity contribution in [3.63, 3.8) is 0 Å². The maximum Gasteiger partial charge on any atom is 0.416 e. The number of nitrogens with one attached hydrogen (secondary N) is 2. The Balaban J connectivity index is 1.85. The predicted octanol–water partition coefficient (Wildman–Crippen LogP) is 1.98. The molecule has 1 unspecified atom stereocenters. The predicted molar refractivity (Wildman–Crippen MR) is 95.8 cm³/mol. The van der Waals surface area contributed by atoms with Gasteiger partial charge in [-0.1, -0.05) is 18.2 Å². The summed E-state index contributed by atoms with van der Waals surface area (Å²) in [5.41, 5.74) is -0.532. The lowest BCUT2D eigenvalue weighted by Crippen LogP contribution is -2.45. The lowest BCUT2D eigenvalue weighted by molar-refractivity contribution is -0.150. The summed E-state index contributed by atoms with van der Waals surface area (Å²) in [5, 5.41) is 13.8. The van der Waals surface area contributed by atoms with Crippen molar-refractivity contribution in [3.8, 4) is 0 Å². The topological polar surface area (TPSA) is 105 Å². The number of rotatable bonds is 7. The Labute approximate surface area is 163 Å². The summed E-state index contributed by atoms with van der Waals surface area (Å²) in [5.74, 6) is -2.46. The van der Waals surface area contributed by atoms with E-state index in [2.05, 4.69) is 10.6 Å². The normalized spacial score (nSPS) is 12.0. The number of aliphatic hydroxyl groups excluding tert-OH is 1. The molecule has 0 aliphatic rings. The van der Waals surface area contributed by atoms with Crippen molar-refractivity contribution < 1.29 is 37.4 Å². The van der Waals surface area contributed by atoms with Crippen LogP contribution in [0.3, 0.4) is 0 Å². The van der Waals surface area contributed by atoms with E-state index in [0.717, 1.165) is 24.3 Å². The largest absolute Gasteiger partial charge is 0.454 e. The van der Waals surface area contributed by atoms with E-state index < -0.39 is 48.8 Å². The smallest absolute Gasteiger partial charge is 0.416 e. The second kappa shape index (κ2) is 9.69. The molecule has 7 nitrogen and oxygen atoms in total. The van der Waals surface area contributed by atoms with E-state index in [0.29, 0.717) is 0 Å². The standard InChI is InChI=1S/C19H17F3N2O5/c20-19(21,22)13-6-8-14(9-7-13)23-16(26)11-29-18(28)15(10-25)24-17(27)12-4-2-1-3-5-12/h1-9,15,25H,10-11H2,(H,23,26)(H,24,27). The first-order valence-corrected chi connectivity index (χ1v) is 8.31. The monoisotopic (exact) mass is 410 g/mol. The first-order valence-electron chi connectivity index (χ1n) is 8.31. The average molecular weight is 410 g/mol. The number of ether oxygens (including phenoxy) is 1. The molecular weight excluding hydrogens is 393 g/mol. The molecule has 29 heavy (non-hydrogen) atoms. The molecule has 3 N–H and O–H groups in total. The van der Waals surface area contributed by atoms with Crippen LogP contribution in [0.5, 0.6) is 0 Å². The minimum Gasteiger partial charge on any atom is -0.454 e. The van der Waals surface area contributed by atoms with Crippen LogP contribution in [0.1, 0.15) is 15.9 Å². The SMILES string of the molecule is O=C(COC(=O)C(CO)NC(=O)c1ccccc1)Nc1ccc(C(F)(F)F)cc1. The van der Waals surface area contributed by atoms with Gasteiger partial charge in [-0.2, -0.15) is 13.2 Å². The van der Waals surface area contributed by atoms with Crippen LogP contribution in [0.15, 0.2) is 54.6 Å². The second-order valence-electron chi connectivity index (χ2n) is 5.81. The molecule has 2 amide bonds. The van der Waals surface area contributed by atoms with Crippen molar-refractivity contribution in [2.75, 3.05) is 18.5 Å². The first-order chi connectivity index (χ1) is 13.7. The van der Waals surface area contributed by atoms with Gasteiger partial charge in [-0.25, -0.2) is 4.79 Å². The number of benzene rings is 2. The van der Waals surface area contributed by atoms with Crippen LogP contribution in [0.4, 0.5) is 18.9 Å². The van der Waals surface area contributed by atoms with Gasteiger partial charge < -0.3 is 20.5 Å². The minimum absolute atomic E-state index is 0.0788. The fourth-order valence-electron chi connectivity index (χ4n) is 2.19. The molecule has 2 rings (SSSR count). The van der Waals surface area contributed by atoms with Crippen molar-refractivity contribution >= 4 is 23.5 Å². The van der Waals surface area contributed by atoms with Crippen molar-refractivity contribution in [2.45, 2.75) is 12.2 Å². The highest BCUT2D eigenvalue weighted by atomic mass is 19.4. The first kappa shape index (κ1) is 21.9.